The first-order chi connectivity index (χ1) is 13.5. The lowest BCUT2D eigenvalue weighted by atomic mass is 9.93. The maximum absolute atomic E-state index is 11.1. The van der Waals surface area contributed by atoms with Gasteiger partial charge < -0.3 is 10.1 Å². The number of carbonyl (C=O) groups is 1. The van der Waals surface area contributed by atoms with Crippen LogP contribution in [0.4, 0.5) is 0 Å². The van der Waals surface area contributed by atoms with Crippen molar-refractivity contribution in [3.63, 3.8) is 0 Å². The van der Waals surface area contributed by atoms with Gasteiger partial charge >= 0.3 is 5.97 Å². The van der Waals surface area contributed by atoms with Crippen molar-refractivity contribution in [1.29, 1.82) is 0 Å². The maximum atomic E-state index is 11.1. The Morgan fingerprint density at radius 1 is 0.750 bits per heavy atom. The van der Waals surface area contributed by atoms with E-state index in [-0.39, 0.29) is 5.56 Å². The third-order valence-corrected chi connectivity index (χ3v) is 4.77. The summed E-state index contributed by atoms with van der Waals surface area (Å²) in [5, 5.41) is 9.11. The van der Waals surface area contributed by atoms with Crippen LogP contribution in [0.5, 0.6) is 0 Å². The monoisotopic (exact) mass is 364 g/mol. The molecule has 0 aliphatic carbocycles. The van der Waals surface area contributed by atoms with Crippen LogP contribution in [-0.4, -0.2) is 36.7 Å². The average molecular weight is 364 g/mol. The molecule has 0 unspecified atom stereocenters. The maximum Gasteiger partial charge on any atom is 0.335 e. The minimum atomic E-state index is -0.938. The molecule has 0 amide bonds. The van der Waals surface area contributed by atoms with Gasteiger partial charge in [0.1, 0.15) is 21.5 Å². The van der Waals surface area contributed by atoms with Crippen LogP contribution < -0.4 is 10.9 Å². The van der Waals surface area contributed by atoms with Crippen LogP contribution in [0.2, 0.25) is 0 Å². The summed E-state index contributed by atoms with van der Waals surface area (Å²) < 4.78 is 0. The highest BCUT2D eigenvalue weighted by atomic mass is 16.4. The van der Waals surface area contributed by atoms with Crippen molar-refractivity contribution < 1.29 is 9.90 Å². The van der Waals surface area contributed by atoms with Gasteiger partial charge in [0.05, 0.1) is 17.0 Å². The van der Waals surface area contributed by atoms with E-state index in [1.807, 2.05) is 0 Å². The number of nitrogens with one attached hydrogen (secondary N) is 1. The van der Waals surface area contributed by atoms with Gasteiger partial charge in [0.2, 0.25) is 0 Å². The summed E-state index contributed by atoms with van der Waals surface area (Å²) in [6.07, 6.45) is 0. The second-order valence-electron chi connectivity index (χ2n) is 6.92. The molecule has 3 aromatic carbocycles. The molecule has 0 atom stereocenters. The lowest BCUT2D eigenvalue weighted by Crippen LogP contribution is -2.00. The smallest absolute Gasteiger partial charge is 0.335 e. The number of hydrogen-bond donors (Lipinski definition) is 2. The quantitative estimate of drug-likeness (QED) is 0.541. The zero-order chi connectivity index (χ0) is 19.7. The number of aromatic nitrogens is 2. The first kappa shape index (κ1) is 17.9. The first-order valence-corrected chi connectivity index (χ1v) is 9.09. The van der Waals surface area contributed by atoms with Crippen molar-refractivity contribution in [2.24, 2.45) is 0 Å². The van der Waals surface area contributed by atoms with Gasteiger partial charge in [-0.3, -0.25) is 0 Å². The molecule has 28 heavy (non-hydrogen) atoms. The van der Waals surface area contributed by atoms with Gasteiger partial charge in [-0.1, -0.05) is 71.6 Å². The zero-order valence-electron chi connectivity index (χ0n) is 15.7. The van der Waals surface area contributed by atoms with Crippen LogP contribution in [0, 0.1) is 0 Å². The molecule has 0 fully saturated rings. The fourth-order valence-electron chi connectivity index (χ4n) is 3.13. The van der Waals surface area contributed by atoms with Gasteiger partial charge in [-0.05, 0) is 12.1 Å². The number of carboxylic acids is 1. The van der Waals surface area contributed by atoms with E-state index in [1.54, 1.807) is 24.3 Å². The van der Waals surface area contributed by atoms with E-state index in [1.165, 1.54) is 10.9 Å². The number of aromatic carboxylic acids is 1. The van der Waals surface area contributed by atoms with Crippen LogP contribution in [0.1, 0.15) is 10.4 Å². The fraction of sp³-hybridized carbons (Fsp3) is 0. The normalized spacial score (nSPS) is 10.7. The van der Waals surface area contributed by atoms with Gasteiger partial charge in [-0.2, -0.15) is 0 Å². The first-order valence-electron chi connectivity index (χ1n) is 9.09. The molecule has 4 nitrogen and oxygen atoms in total. The Balaban J connectivity index is 1.84. The topological polar surface area (TPSA) is 66.0 Å². The molecule has 6 heteroatoms. The van der Waals surface area contributed by atoms with Gasteiger partial charge in [-0.25, -0.2) is 9.78 Å². The number of hydrogen-bond acceptors (Lipinski definition) is 2. The predicted molar refractivity (Wildman–Crippen MR) is 118 cm³/mol. The number of aromatic amines is 1. The van der Waals surface area contributed by atoms with Crippen molar-refractivity contribution in [1.82, 2.24) is 9.97 Å². The molecule has 0 saturated carbocycles. The Hall–Kier alpha value is -3.53. The lowest BCUT2D eigenvalue weighted by Gasteiger charge is -2.04. The second kappa shape index (κ2) is 7.24. The minimum absolute atomic E-state index is 0.257. The van der Waals surface area contributed by atoms with E-state index in [9.17, 15) is 4.79 Å². The third kappa shape index (κ3) is 3.49. The Labute approximate surface area is 165 Å². The van der Waals surface area contributed by atoms with Crippen LogP contribution in [-0.2, 0) is 0 Å². The largest absolute Gasteiger partial charge is 0.478 e. The highest BCUT2D eigenvalue weighted by Gasteiger charge is 2.15. The SMILES string of the molecule is Bc1ccc(-c2nc(-c3ccc(C(=O)O)cc3)[nH]c2-c2ccc(B)cc2)cc1. The van der Waals surface area contributed by atoms with Crippen molar-refractivity contribution in [3.05, 3.63) is 78.4 Å². The lowest BCUT2D eigenvalue weighted by molar-refractivity contribution is 0.0697. The summed E-state index contributed by atoms with van der Waals surface area (Å²) in [7, 11) is 4.12. The number of carboxylic acid groups (broad SMARTS) is 1. The molecule has 0 spiro atoms. The molecule has 0 aliphatic rings. The Morgan fingerprint density at radius 3 is 1.79 bits per heavy atom. The molecule has 1 aromatic heterocycles. The van der Waals surface area contributed by atoms with Crippen molar-refractivity contribution in [3.8, 4) is 33.9 Å². The fourth-order valence-corrected chi connectivity index (χ4v) is 3.13. The Morgan fingerprint density at radius 2 is 1.25 bits per heavy atom. The van der Waals surface area contributed by atoms with Crippen LogP contribution in [0.3, 0.4) is 0 Å². The van der Waals surface area contributed by atoms with E-state index in [4.69, 9.17) is 10.1 Å². The van der Waals surface area contributed by atoms with Crippen molar-refractivity contribution >= 4 is 32.6 Å². The highest BCUT2D eigenvalue weighted by molar-refractivity contribution is 6.32. The molecular formula is C22H18B2N2O2. The van der Waals surface area contributed by atoms with Crippen molar-refractivity contribution in [2.45, 2.75) is 0 Å². The predicted octanol–water partition coefficient (Wildman–Crippen LogP) is 1.63. The van der Waals surface area contributed by atoms with Gasteiger partial charge in [0.15, 0.2) is 0 Å². The summed E-state index contributed by atoms with van der Waals surface area (Å²) in [5.74, 6) is -0.227. The molecule has 4 aromatic rings. The Kier molecular flexibility index (Phi) is 4.62. The molecule has 134 valence electrons. The summed E-state index contributed by atoms with van der Waals surface area (Å²) in [5.41, 5.74) is 7.41. The summed E-state index contributed by atoms with van der Waals surface area (Å²) in [6, 6.07) is 23.4. The van der Waals surface area contributed by atoms with E-state index in [0.29, 0.717) is 5.82 Å². The van der Waals surface area contributed by atoms with Gasteiger partial charge in [-0.15, -0.1) is 0 Å². The highest BCUT2D eigenvalue weighted by Crippen LogP contribution is 2.32. The molecule has 0 aliphatic heterocycles. The summed E-state index contributed by atoms with van der Waals surface area (Å²) in [4.78, 5) is 19.4. The summed E-state index contributed by atoms with van der Waals surface area (Å²) >= 11 is 0. The van der Waals surface area contributed by atoms with Crippen molar-refractivity contribution in [2.75, 3.05) is 0 Å². The average Bonchev–Trinajstić information content (AvgIpc) is 3.14. The summed E-state index contributed by atoms with van der Waals surface area (Å²) in [6.45, 7) is 0. The van der Waals surface area contributed by atoms with E-state index in [2.05, 4.69) is 69.2 Å². The molecule has 1 heterocycles. The molecule has 0 radical (unpaired) electrons. The standard InChI is InChI=1S/C22H18B2N2O2/c23-17-9-5-13(6-10-17)19-20(14-7-11-18(24)12-8-14)26-21(25-19)15-1-3-16(4-2-15)22(27)28/h1-12H,23-24H2,(H,25,26)(H,27,28). The zero-order valence-corrected chi connectivity index (χ0v) is 15.7. The Bertz CT molecular complexity index is 1070. The number of imidazole rings is 1. The minimum Gasteiger partial charge on any atom is -0.478 e. The third-order valence-electron chi connectivity index (χ3n) is 4.77. The number of H-pyrrole nitrogens is 1. The van der Waals surface area contributed by atoms with Crippen LogP contribution >= 0.6 is 0 Å². The van der Waals surface area contributed by atoms with E-state index in [0.717, 1.165) is 28.1 Å². The second-order valence-corrected chi connectivity index (χ2v) is 6.92. The molecular weight excluding hydrogens is 346 g/mol. The van der Waals surface area contributed by atoms with Gasteiger partial charge in [0.25, 0.3) is 0 Å². The van der Waals surface area contributed by atoms with E-state index < -0.39 is 5.97 Å². The number of benzene rings is 3. The van der Waals surface area contributed by atoms with Crippen LogP contribution in [0.25, 0.3) is 33.9 Å². The molecule has 2 N–H and O–H groups in total. The van der Waals surface area contributed by atoms with E-state index >= 15 is 0 Å². The van der Waals surface area contributed by atoms with Crippen LogP contribution in [0.15, 0.2) is 72.8 Å². The molecule has 0 bridgehead atoms. The molecule has 0 saturated heterocycles. The molecule has 4 rings (SSSR count). The number of nitrogens with zero attached hydrogens (tertiary/aromatic N) is 1. The number of rotatable bonds is 4. The van der Waals surface area contributed by atoms with Gasteiger partial charge in [0, 0.05) is 16.7 Å².